The third-order valence-corrected chi connectivity index (χ3v) is 3.22. The van der Waals surface area contributed by atoms with Gasteiger partial charge in [0.15, 0.2) is 0 Å². The predicted octanol–water partition coefficient (Wildman–Crippen LogP) is 2.84. The first-order chi connectivity index (χ1) is 9.30. The van der Waals surface area contributed by atoms with Crippen LogP contribution in [-0.2, 0) is 0 Å². The van der Waals surface area contributed by atoms with Crippen LogP contribution in [0.1, 0.15) is 45.7 Å². The molecule has 1 aromatic carbocycles. The summed E-state index contributed by atoms with van der Waals surface area (Å²) in [6.45, 7) is 8.31. The summed E-state index contributed by atoms with van der Waals surface area (Å²) in [5.74, 6) is 0. The number of aliphatic hydroxyl groups excluding tert-OH is 1. The van der Waals surface area contributed by atoms with E-state index in [9.17, 15) is 9.90 Å². The monoisotopic (exact) mass is 278 g/mol. The van der Waals surface area contributed by atoms with E-state index >= 15 is 0 Å². The van der Waals surface area contributed by atoms with E-state index in [1.54, 1.807) is 6.92 Å². The average molecular weight is 278 g/mol. The van der Waals surface area contributed by atoms with Crippen LogP contribution in [0.25, 0.3) is 0 Å². The Bertz CT molecular complexity index is 416. The lowest BCUT2D eigenvalue weighted by Crippen LogP contribution is -2.42. The number of nitrogens with one attached hydrogen (secondary N) is 2. The van der Waals surface area contributed by atoms with E-state index < -0.39 is 0 Å². The molecule has 0 aliphatic carbocycles. The van der Waals surface area contributed by atoms with Crippen LogP contribution >= 0.6 is 0 Å². The van der Waals surface area contributed by atoms with Crippen molar-refractivity contribution in [3.05, 3.63) is 35.9 Å². The maximum atomic E-state index is 11.9. The molecule has 4 heteroatoms. The summed E-state index contributed by atoms with van der Waals surface area (Å²) in [7, 11) is 0. The Kier molecular flexibility index (Phi) is 6.02. The summed E-state index contributed by atoms with van der Waals surface area (Å²) >= 11 is 0. The van der Waals surface area contributed by atoms with Gasteiger partial charge in [0.25, 0.3) is 0 Å². The number of amides is 2. The Balaban J connectivity index is 2.41. The molecule has 0 fully saturated rings. The van der Waals surface area contributed by atoms with Crippen LogP contribution < -0.4 is 10.6 Å². The van der Waals surface area contributed by atoms with E-state index in [-0.39, 0.29) is 23.6 Å². The number of aliphatic hydroxyl groups is 1. The number of urea groups is 1. The molecular formula is C16H26N2O2. The van der Waals surface area contributed by atoms with Gasteiger partial charge in [0, 0.05) is 6.54 Å². The van der Waals surface area contributed by atoms with Crippen molar-refractivity contribution in [1.29, 1.82) is 0 Å². The number of benzene rings is 1. The molecule has 1 aromatic rings. The zero-order valence-corrected chi connectivity index (χ0v) is 12.8. The zero-order valence-electron chi connectivity index (χ0n) is 12.8. The Morgan fingerprint density at radius 3 is 2.40 bits per heavy atom. The molecule has 20 heavy (non-hydrogen) atoms. The van der Waals surface area contributed by atoms with E-state index in [0.717, 1.165) is 5.56 Å². The van der Waals surface area contributed by atoms with Crippen molar-refractivity contribution in [2.75, 3.05) is 6.54 Å². The summed E-state index contributed by atoms with van der Waals surface area (Å²) in [6.07, 6.45) is 0.291. The second-order valence-electron chi connectivity index (χ2n) is 6.18. The number of carbonyl (C=O) groups excluding carboxylic acids is 1. The number of rotatable bonds is 6. The maximum absolute atomic E-state index is 11.9. The zero-order chi connectivity index (χ0) is 15.2. The molecule has 1 rings (SSSR count). The van der Waals surface area contributed by atoms with E-state index in [4.69, 9.17) is 0 Å². The molecule has 0 aliphatic rings. The van der Waals surface area contributed by atoms with Crippen molar-refractivity contribution in [3.8, 4) is 0 Å². The predicted molar refractivity (Wildman–Crippen MR) is 81.5 cm³/mol. The van der Waals surface area contributed by atoms with Gasteiger partial charge in [-0.3, -0.25) is 0 Å². The van der Waals surface area contributed by atoms with Crippen molar-refractivity contribution in [1.82, 2.24) is 10.6 Å². The van der Waals surface area contributed by atoms with Gasteiger partial charge in [0.05, 0.1) is 12.1 Å². The van der Waals surface area contributed by atoms with Gasteiger partial charge < -0.3 is 15.7 Å². The molecule has 2 amide bonds. The third-order valence-electron chi connectivity index (χ3n) is 3.22. The van der Waals surface area contributed by atoms with Crippen LogP contribution in [-0.4, -0.2) is 23.8 Å². The molecule has 0 radical (unpaired) electrons. The average Bonchev–Trinajstić information content (AvgIpc) is 2.36. The molecule has 0 heterocycles. The first-order valence-electron chi connectivity index (χ1n) is 7.07. The SMILES string of the molecule is CC(O)CC(C)(C)CNC(=O)NC(C)c1ccccc1. The van der Waals surface area contributed by atoms with Gasteiger partial charge in [-0.05, 0) is 31.2 Å². The van der Waals surface area contributed by atoms with Crippen molar-refractivity contribution in [3.63, 3.8) is 0 Å². The van der Waals surface area contributed by atoms with Crippen LogP contribution in [0.5, 0.6) is 0 Å². The van der Waals surface area contributed by atoms with Gasteiger partial charge in [0.1, 0.15) is 0 Å². The standard InChI is InChI=1S/C16H26N2O2/c1-12(19)10-16(3,4)11-17-15(20)18-13(2)14-8-6-5-7-9-14/h5-9,12-13,19H,10-11H2,1-4H3,(H2,17,18,20). The molecule has 0 bridgehead atoms. The highest BCUT2D eigenvalue weighted by atomic mass is 16.3. The number of carbonyl (C=O) groups is 1. The molecule has 0 saturated heterocycles. The minimum atomic E-state index is -0.363. The van der Waals surface area contributed by atoms with Crippen LogP contribution in [0.3, 0.4) is 0 Å². The lowest BCUT2D eigenvalue weighted by Gasteiger charge is -2.27. The Morgan fingerprint density at radius 1 is 1.25 bits per heavy atom. The van der Waals surface area contributed by atoms with E-state index in [2.05, 4.69) is 10.6 Å². The van der Waals surface area contributed by atoms with Gasteiger partial charge in [-0.1, -0.05) is 44.2 Å². The summed E-state index contributed by atoms with van der Waals surface area (Å²) in [5.41, 5.74) is 0.951. The van der Waals surface area contributed by atoms with Crippen molar-refractivity contribution < 1.29 is 9.90 Å². The van der Waals surface area contributed by atoms with Gasteiger partial charge >= 0.3 is 6.03 Å². The fraction of sp³-hybridized carbons (Fsp3) is 0.562. The lowest BCUT2D eigenvalue weighted by molar-refractivity contribution is 0.128. The van der Waals surface area contributed by atoms with Crippen molar-refractivity contribution in [2.24, 2.45) is 5.41 Å². The fourth-order valence-corrected chi connectivity index (χ4v) is 2.26. The second kappa shape index (κ2) is 7.29. The summed E-state index contributed by atoms with van der Waals surface area (Å²) in [5, 5.41) is 15.2. The van der Waals surface area contributed by atoms with Gasteiger partial charge in [-0.25, -0.2) is 4.79 Å². The van der Waals surface area contributed by atoms with Gasteiger partial charge in [-0.15, -0.1) is 0 Å². The molecule has 4 nitrogen and oxygen atoms in total. The van der Waals surface area contributed by atoms with Gasteiger partial charge in [0.2, 0.25) is 0 Å². The van der Waals surface area contributed by atoms with E-state index in [0.29, 0.717) is 13.0 Å². The normalized spacial score (nSPS) is 14.4. The van der Waals surface area contributed by atoms with E-state index in [1.807, 2.05) is 51.1 Å². The first-order valence-corrected chi connectivity index (χ1v) is 7.07. The molecule has 2 unspecified atom stereocenters. The van der Waals surface area contributed by atoms with E-state index in [1.165, 1.54) is 0 Å². The largest absolute Gasteiger partial charge is 0.393 e. The number of hydrogen-bond donors (Lipinski definition) is 3. The molecule has 0 saturated carbocycles. The highest BCUT2D eigenvalue weighted by Crippen LogP contribution is 2.21. The first kappa shape index (κ1) is 16.5. The maximum Gasteiger partial charge on any atom is 0.315 e. The molecule has 112 valence electrons. The fourth-order valence-electron chi connectivity index (χ4n) is 2.26. The lowest BCUT2D eigenvalue weighted by atomic mass is 9.87. The van der Waals surface area contributed by atoms with Crippen molar-refractivity contribution >= 4 is 6.03 Å². The van der Waals surface area contributed by atoms with Gasteiger partial charge in [-0.2, -0.15) is 0 Å². The Morgan fingerprint density at radius 2 is 1.85 bits per heavy atom. The minimum absolute atomic E-state index is 0.0314. The number of hydrogen-bond acceptors (Lipinski definition) is 2. The van der Waals surface area contributed by atoms with Crippen LogP contribution in [0.4, 0.5) is 4.79 Å². The molecule has 2 atom stereocenters. The topological polar surface area (TPSA) is 61.4 Å². The summed E-state index contributed by atoms with van der Waals surface area (Å²) in [6, 6.07) is 9.63. The molecule has 0 aliphatic heterocycles. The van der Waals surface area contributed by atoms with Crippen LogP contribution in [0.15, 0.2) is 30.3 Å². The second-order valence-corrected chi connectivity index (χ2v) is 6.18. The highest BCUT2D eigenvalue weighted by molar-refractivity contribution is 5.74. The quantitative estimate of drug-likeness (QED) is 0.749. The molecule has 0 aromatic heterocycles. The smallest absolute Gasteiger partial charge is 0.315 e. The van der Waals surface area contributed by atoms with Crippen LogP contribution in [0.2, 0.25) is 0 Å². The molecule has 3 N–H and O–H groups in total. The third kappa shape index (κ3) is 6.06. The molecular weight excluding hydrogens is 252 g/mol. The van der Waals surface area contributed by atoms with Crippen molar-refractivity contribution in [2.45, 2.75) is 46.3 Å². The van der Waals surface area contributed by atoms with Crippen LogP contribution in [0, 0.1) is 5.41 Å². The summed E-state index contributed by atoms with van der Waals surface area (Å²) < 4.78 is 0. The summed E-state index contributed by atoms with van der Waals surface area (Å²) in [4.78, 5) is 11.9. The highest BCUT2D eigenvalue weighted by Gasteiger charge is 2.21. The Labute approximate surface area is 121 Å². The Hall–Kier alpha value is -1.55. The minimum Gasteiger partial charge on any atom is -0.393 e. The molecule has 0 spiro atoms.